The summed E-state index contributed by atoms with van der Waals surface area (Å²) in [6, 6.07) is 4.14. The van der Waals surface area contributed by atoms with Crippen molar-refractivity contribution < 1.29 is 9.72 Å². The maximum Gasteiger partial charge on any atom is 0.270 e. The number of halogens is 1. The predicted molar refractivity (Wildman–Crippen MR) is 86.2 cm³/mol. The average Bonchev–Trinajstić information content (AvgIpc) is 2.91. The number of nitrogens with zero attached hydrogens (tertiary/aromatic N) is 1. The smallest absolute Gasteiger partial charge is 0.270 e. The molecular formula is C16H21ClN2O3. The fourth-order valence-electron chi connectivity index (χ4n) is 3.09. The van der Waals surface area contributed by atoms with Crippen LogP contribution in [-0.4, -0.2) is 16.9 Å². The van der Waals surface area contributed by atoms with Crippen molar-refractivity contribution in [3.63, 3.8) is 0 Å². The third kappa shape index (κ3) is 3.97. The second-order valence-electron chi connectivity index (χ2n) is 5.83. The Morgan fingerprint density at radius 1 is 1.45 bits per heavy atom. The van der Waals surface area contributed by atoms with Crippen LogP contribution in [0.4, 0.5) is 5.69 Å². The summed E-state index contributed by atoms with van der Waals surface area (Å²) in [6.07, 6.45) is 6.74. The number of benzene rings is 1. The highest BCUT2D eigenvalue weighted by atomic mass is 35.5. The maximum atomic E-state index is 12.4. The van der Waals surface area contributed by atoms with Crippen molar-refractivity contribution in [3.05, 3.63) is 38.9 Å². The molecule has 0 saturated heterocycles. The molecule has 2 unspecified atom stereocenters. The van der Waals surface area contributed by atoms with Gasteiger partial charge in [0.1, 0.15) is 0 Å². The second-order valence-corrected chi connectivity index (χ2v) is 6.24. The van der Waals surface area contributed by atoms with Crippen LogP contribution in [0.1, 0.15) is 55.8 Å². The van der Waals surface area contributed by atoms with E-state index in [-0.39, 0.29) is 22.7 Å². The molecule has 5 nitrogen and oxygen atoms in total. The van der Waals surface area contributed by atoms with E-state index in [2.05, 4.69) is 12.2 Å². The van der Waals surface area contributed by atoms with Gasteiger partial charge >= 0.3 is 0 Å². The van der Waals surface area contributed by atoms with Gasteiger partial charge in [-0.15, -0.1) is 0 Å². The van der Waals surface area contributed by atoms with E-state index in [0.29, 0.717) is 11.5 Å². The van der Waals surface area contributed by atoms with Crippen molar-refractivity contribution in [2.24, 2.45) is 5.92 Å². The molecule has 1 aromatic carbocycles. The number of nitro benzene ring substituents is 1. The Labute approximate surface area is 135 Å². The summed E-state index contributed by atoms with van der Waals surface area (Å²) in [5.41, 5.74) is 0.191. The van der Waals surface area contributed by atoms with E-state index in [1.807, 2.05) is 0 Å². The van der Waals surface area contributed by atoms with Crippen molar-refractivity contribution >= 4 is 23.2 Å². The number of nitro groups is 1. The Hall–Kier alpha value is -1.62. The van der Waals surface area contributed by atoms with Gasteiger partial charge in [0.15, 0.2) is 0 Å². The first-order valence-electron chi connectivity index (χ1n) is 7.77. The van der Waals surface area contributed by atoms with Crippen LogP contribution in [-0.2, 0) is 0 Å². The first-order chi connectivity index (χ1) is 10.5. The molecular weight excluding hydrogens is 304 g/mol. The molecule has 1 aromatic rings. The van der Waals surface area contributed by atoms with E-state index in [1.165, 1.54) is 24.6 Å². The van der Waals surface area contributed by atoms with Crippen LogP contribution >= 0.6 is 11.6 Å². The van der Waals surface area contributed by atoms with E-state index >= 15 is 0 Å². The van der Waals surface area contributed by atoms with Gasteiger partial charge in [0.25, 0.3) is 11.6 Å². The largest absolute Gasteiger partial charge is 0.349 e. The molecule has 1 saturated carbocycles. The lowest BCUT2D eigenvalue weighted by molar-refractivity contribution is -0.384. The third-order valence-corrected chi connectivity index (χ3v) is 4.62. The van der Waals surface area contributed by atoms with Crippen LogP contribution in [0.15, 0.2) is 18.2 Å². The summed E-state index contributed by atoms with van der Waals surface area (Å²) >= 11 is 6.01. The molecule has 0 aliphatic heterocycles. The van der Waals surface area contributed by atoms with Gasteiger partial charge in [-0.2, -0.15) is 0 Å². The van der Waals surface area contributed by atoms with Gasteiger partial charge in [0, 0.05) is 18.2 Å². The molecule has 2 rings (SSSR count). The van der Waals surface area contributed by atoms with Crippen LogP contribution in [0, 0.1) is 16.0 Å². The Bertz CT molecular complexity index is 562. The van der Waals surface area contributed by atoms with E-state index in [9.17, 15) is 14.9 Å². The Balaban J connectivity index is 2.04. The number of rotatable bonds is 6. The lowest BCUT2D eigenvalue weighted by Crippen LogP contribution is -2.37. The van der Waals surface area contributed by atoms with Gasteiger partial charge in [-0.25, -0.2) is 0 Å². The summed E-state index contributed by atoms with van der Waals surface area (Å²) in [7, 11) is 0. The highest BCUT2D eigenvalue weighted by Crippen LogP contribution is 2.30. The van der Waals surface area contributed by atoms with E-state index in [4.69, 9.17) is 11.6 Å². The minimum absolute atomic E-state index is 0.108. The highest BCUT2D eigenvalue weighted by molar-refractivity contribution is 6.34. The van der Waals surface area contributed by atoms with Crippen LogP contribution < -0.4 is 5.32 Å². The van der Waals surface area contributed by atoms with Gasteiger partial charge in [0.2, 0.25) is 0 Å². The normalized spacial score (nSPS) is 20.8. The van der Waals surface area contributed by atoms with Crippen molar-refractivity contribution in [1.82, 2.24) is 5.32 Å². The van der Waals surface area contributed by atoms with Gasteiger partial charge in [-0.05, 0) is 31.2 Å². The lowest BCUT2D eigenvalue weighted by atomic mass is 9.96. The lowest BCUT2D eigenvalue weighted by Gasteiger charge is -2.21. The summed E-state index contributed by atoms with van der Waals surface area (Å²) in [5.74, 6) is 0.286. The van der Waals surface area contributed by atoms with Gasteiger partial charge in [-0.3, -0.25) is 14.9 Å². The number of hydrogen-bond donors (Lipinski definition) is 1. The Morgan fingerprint density at radius 3 is 2.86 bits per heavy atom. The molecule has 1 amide bonds. The number of carbonyl (C=O) groups is 1. The summed E-state index contributed by atoms with van der Waals surface area (Å²) < 4.78 is 0. The molecule has 0 bridgehead atoms. The monoisotopic (exact) mass is 324 g/mol. The van der Waals surface area contributed by atoms with Crippen molar-refractivity contribution in [2.45, 2.75) is 51.5 Å². The second kappa shape index (κ2) is 7.58. The summed E-state index contributed by atoms with van der Waals surface area (Å²) in [6.45, 7) is 2.17. The zero-order valence-electron chi connectivity index (χ0n) is 12.7. The van der Waals surface area contributed by atoms with Gasteiger partial charge in [-0.1, -0.05) is 37.8 Å². The number of non-ortho nitro benzene ring substituents is 1. The van der Waals surface area contributed by atoms with Crippen molar-refractivity contribution in [1.29, 1.82) is 0 Å². The zero-order valence-corrected chi connectivity index (χ0v) is 13.4. The number of carbonyl (C=O) groups excluding carboxylic acids is 1. The number of unbranched alkanes of at least 4 members (excludes halogenated alkanes) is 1. The molecule has 22 heavy (non-hydrogen) atoms. The van der Waals surface area contributed by atoms with Crippen molar-refractivity contribution in [2.75, 3.05) is 0 Å². The van der Waals surface area contributed by atoms with E-state index < -0.39 is 4.92 Å². The molecule has 2 atom stereocenters. The highest BCUT2D eigenvalue weighted by Gasteiger charge is 2.28. The topological polar surface area (TPSA) is 72.2 Å². The quantitative estimate of drug-likeness (QED) is 0.625. The fraction of sp³-hybridized carbons (Fsp3) is 0.562. The van der Waals surface area contributed by atoms with Crippen LogP contribution in [0.25, 0.3) is 0 Å². The van der Waals surface area contributed by atoms with E-state index in [1.54, 1.807) is 0 Å². The molecule has 1 N–H and O–H groups in total. The molecule has 1 aliphatic carbocycles. The molecule has 0 aromatic heterocycles. The number of amides is 1. The van der Waals surface area contributed by atoms with Crippen LogP contribution in [0.2, 0.25) is 5.02 Å². The first kappa shape index (κ1) is 16.7. The molecule has 1 fully saturated rings. The van der Waals surface area contributed by atoms with Gasteiger partial charge in [0.05, 0.1) is 15.5 Å². The summed E-state index contributed by atoms with van der Waals surface area (Å²) in [5, 5.41) is 13.9. The fourth-order valence-corrected chi connectivity index (χ4v) is 3.35. The molecule has 6 heteroatoms. The van der Waals surface area contributed by atoms with Gasteiger partial charge < -0.3 is 5.32 Å². The minimum atomic E-state index is -0.523. The van der Waals surface area contributed by atoms with Crippen LogP contribution in [0.5, 0.6) is 0 Å². The number of hydrogen-bond acceptors (Lipinski definition) is 3. The molecule has 1 aliphatic rings. The SMILES string of the molecule is CCCCC1CCCC1NC(=O)c1ccc([N+](=O)[O-])cc1Cl. The van der Waals surface area contributed by atoms with E-state index in [0.717, 1.165) is 32.1 Å². The number of nitrogens with one attached hydrogen (secondary N) is 1. The Kier molecular flexibility index (Phi) is 5.77. The van der Waals surface area contributed by atoms with Crippen LogP contribution in [0.3, 0.4) is 0 Å². The van der Waals surface area contributed by atoms with Crippen molar-refractivity contribution in [3.8, 4) is 0 Å². The maximum absolute atomic E-state index is 12.4. The zero-order chi connectivity index (χ0) is 16.1. The minimum Gasteiger partial charge on any atom is -0.349 e. The molecule has 120 valence electrons. The molecule has 0 radical (unpaired) electrons. The predicted octanol–water partition coefficient (Wildman–Crippen LogP) is 4.34. The molecule has 0 heterocycles. The average molecular weight is 325 g/mol. The first-order valence-corrected chi connectivity index (χ1v) is 8.15. The molecule has 0 spiro atoms. The summed E-state index contributed by atoms with van der Waals surface area (Å²) in [4.78, 5) is 22.5. The standard InChI is InChI=1S/C16H21ClN2O3/c1-2-3-5-11-6-4-7-15(11)18-16(20)13-9-8-12(19(21)22)10-14(13)17/h8-11,15H,2-7H2,1H3,(H,18,20). The Morgan fingerprint density at radius 2 is 2.23 bits per heavy atom. The third-order valence-electron chi connectivity index (χ3n) is 4.31.